The SMILES string of the molecule is CCCPOCc1ccccc1. The molecule has 12 heavy (non-hydrogen) atoms. The molecule has 1 rings (SSSR count). The Morgan fingerprint density at radius 2 is 2.00 bits per heavy atom. The summed E-state index contributed by atoms with van der Waals surface area (Å²) >= 11 is 0. The van der Waals surface area contributed by atoms with Gasteiger partial charge in [0.25, 0.3) is 0 Å². The van der Waals surface area contributed by atoms with Gasteiger partial charge in [-0.05, 0) is 11.7 Å². The molecule has 1 aromatic rings. The van der Waals surface area contributed by atoms with E-state index in [9.17, 15) is 0 Å². The maximum atomic E-state index is 5.49. The van der Waals surface area contributed by atoms with Gasteiger partial charge in [0.05, 0.1) is 6.61 Å². The second kappa shape index (κ2) is 6.16. The van der Waals surface area contributed by atoms with Crippen molar-refractivity contribution in [1.82, 2.24) is 0 Å². The van der Waals surface area contributed by atoms with Crippen molar-refractivity contribution in [1.29, 1.82) is 0 Å². The summed E-state index contributed by atoms with van der Waals surface area (Å²) in [5.74, 6) is 0. The summed E-state index contributed by atoms with van der Waals surface area (Å²) in [7, 11) is 0.658. The van der Waals surface area contributed by atoms with Gasteiger partial charge in [0, 0.05) is 8.81 Å². The molecule has 0 aliphatic rings. The van der Waals surface area contributed by atoms with E-state index in [1.807, 2.05) is 18.2 Å². The zero-order chi connectivity index (χ0) is 8.65. The topological polar surface area (TPSA) is 9.23 Å². The molecule has 1 unspecified atom stereocenters. The molecule has 0 aliphatic heterocycles. The van der Waals surface area contributed by atoms with E-state index in [-0.39, 0.29) is 0 Å². The van der Waals surface area contributed by atoms with Crippen LogP contribution < -0.4 is 0 Å². The van der Waals surface area contributed by atoms with E-state index in [0.29, 0.717) is 8.81 Å². The van der Waals surface area contributed by atoms with E-state index >= 15 is 0 Å². The van der Waals surface area contributed by atoms with Gasteiger partial charge >= 0.3 is 0 Å². The number of rotatable bonds is 5. The summed E-state index contributed by atoms with van der Waals surface area (Å²) in [4.78, 5) is 0. The molecular weight excluding hydrogens is 167 g/mol. The number of hydrogen-bond donors (Lipinski definition) is 0. The molecule has 0 fully saturated rings. The lowest BCUT2D eigenvalue weighted by atomic mass is 10.2. The molecule has 2 heteroatoms. The molecular formula is C10H15OP. The minimum Gasteiger partial charge on any atom is -0.358 e. The van der Waals surface area contributed by atoms with E-state index in [4.69, 9.17) is 4.52 Å². The lowest BCUT2D eigenvalue weighted by Crippen LogP contribution is -1.84. The van der Waals surface area contributed by atoms with Crippen LogP contribution in [0.3, 0.4) is 0 Å². The quantitative estimate of drug-likeness (QED) is 0.502. The fourth-order valence-corrected chi connectivity index (χ4v) is 1.50. The van der Waals surface area contributed by atoms with Crippen LogP contribution in [-0.2, 0) is 11.1 Å². The summed E-state index contributed by atoms with van der Waals surface area (Å²) in [5.41, 5.74) is 1.26. The van der Waals surface area contributed by atoms with Crippen LogP contribution in [0, 0.1) is 0 Å². The van der Waals surface area contributed by atoms with Gasteiger partial charge in [0.15, 0.2) is 0 Å². The first-order chi connectivity index (χ1) is 5.93. The van der Waals surface area contributed by atoms with Crippen molar-refractivity contribution in [2.75, 3.05) is 6.16 Å². The third-order valence-electron chi connectivity index (χ3n) is 1.54. The third kappa shape index (κ3) is 3.85. The average Bonchev–Trinajstić information content (AvgIpc) is 2.14. The zero-order valence-electron chi connectivity index (χ0n) is 7.42. The summed E-state index contributed by atoms with van der Waals surface area (Å²) < 4.78 is 5.49. The molecule has 0 aliphatic carbocycles. The van der Waals surface area contributed by atoms with Crippen LogP contribution >= 0.6 is 8.81 Å². The van der Waals surface area contributed by atoms with E-state index in [1.165, 1.54) is 18.1 Å². The molecule has 1 nitrogen and oxygen atoms in total. The van der Waals surface area contributed by atoms with E-state index < -0.39 is 0 Å². The summed E-state index contributed by atoms with van der Waals surface area (Å²) in [6, 6.07) is 10.3. The standard InChI is InChI=1S/C10H15OP/c1-2-8-12-11-9-10-6-4-3-5-7-10/h3-7,12H,2,8-9H2,1H3. The van der Waals surface area contributed by atoms with Gasteiger partial charge in [-0.2, -0.15) is 0 Å². The predicted octanol–water partition coefficient (Wildman–Crippen LogP) is 3.21. The van der Waals surface area contributed by atoms with Crippen LogP contribution in [0.2, 0.25) is 0 Å². The van der Waals surface area contributed by atoms with Gasteiger partial charge in [-0.25, -0.2) is 0 Å². The highest BCUT2D eigenvalue weighted by atomic mass is 31.1. The average molecular weight is 182 g/mol. The Balaban J connectivity index is 2.16. The second-order valence-corrected chi connectivity index (χ2v) is 3.75. The highest BCUT2D eigenvalue weighted by Gasteiger charge is 1.89. The Morgan fingerprint density at radius 3 is 2.67 bits per heavy atom. The normalized spacial score (nSPS) is 11.1. The molecule has 0 bridgehead atoms. The third-order valence-corrected chi connectivity index (χ3v) is 2.59. The Labute approximate surface area is 76.0 Å². The summed E-state index contributed by atoms with van der Waals surface area (Å²) in [6.07, 6.45) is 2.40. The molecule has 0 heterocycles. The predicted molar refractivity (Wildman–Crippen MR) is 54.7 cm³/mol. The van der Waals surface area contributed by atoms with Gasteiger partial charge in [-0.1, -0.05) is 43.7 Å². The van der Waals surface area contributed by atoms with Crippen LogP contribution in [0.15, 0.2) is 30.3 Å². The van der Waals surface area contributed by atoms with Crippen molar-refractivity contribution in [2.45, 2.75) is 20.0 Å². The molecule has 0 saturated heterocycles. The lowest BCUT2D eigenvalue weighted by Gasteiger charge is -2.01. The van der Waals surface area contributed by atoms with Crippen LogP contribution in [0.4, 0.5) is 0 Å². The van der Waals surface area contributed by atoms with Crippen molar-refractivity contribution in [2.24, 2.45) is 0 Å². The highest BCUT2D eigenvalue weighted by Crippen LogP contribution is 2.15. The Bertz CT molecular complexity index is 198. The van der Waals surface area contributed by atoms with Crippen molar-refractivity contribution in [3.8, 4) is 0 Å². The maximum Gasteiger partial charge on any atom is 0.0756 e. The molecule has 66 valence electrons. The fourth-order valence-electron chi connectivity index (χ4n) is 0.883. The van der Waals surface area contributed by atoms with Crippen molar-refractivity contribution < 1.29 is 4.52 Å². The van der Waals surface area contributed by atoms with Crippen molar-refractivity contribution in [3.63, 3.8) is 0 Å². The first kappa shape index (κ1) is 9.70. The van der Waals surface area contributed by atoms with E-state index in [0.717, 1.165) is 6.61 Å². The molecule has 0 spiro atoms. The second-order valence-electron chi connectivity index (χ2n) is 2.67. The Morgan fingerprint density at radius 1 is 1.25 bits per heavy atom. The van der Waals surface area contributed by atoms with Gasteiger partial charge in [0.2, 0.25) is 0 Å². The van der Waals surface area contributed by atoms with Gasteiger partial charge in [-0.15, -0.1) is 0 Å². The molecule has 0 radical (unpaired) electrons. The maximum absolute atomic E-state index is 5.49. The molecule has 0 saturated carbocycles. The fraction of sp³-hybridized carbons (Fsp3) is 0.400. The first-order valence-electron chi connectivity index (χ1n) is 4.32. The monoisotopic (exact) mass is 182 g/mol. The van der Waals surface area contributed by atoms with E-state index in [2.05, 4.69) is 19.1 Å². The molecule has 1 aromatic carbocycles. The van der Waals surface area contributed by atoms with Crippen LogP contribution in [-0.4, -0.2) is 6.16 Å². The van der Waals surface area contributed by atoms with Crippen LogP contribution in [0.5, 0.6) is 0 Å². The first-order valence-corrected chi connectivity index (χ1v) is 5.43. The minimum atomic E-state index is 0.658. The Kier molecular flexibility index (Phi) is 4.98. The Hall–Kier alpha value is -0.390. The van der Waals surface area contributed by atoms with Gasteiger partial charge in [0.1, 0.15) is 0 Å². The smallest absolute Gasteiger partial charge is 0.0756 e. The molecule has 1 atom stereocenters. The van der Waals surface area contributed by atoms with E-state index in [1.54, 1.807) is 0 Å². The minimum absolute atomic E-state index is 0.658. The van der Waals surface area contributed by atoms with Crippen LogP contribution in [0.1, 0.15) is 18.9 Å². The highest BCUT2D eigenvalue weighted by molar-refractivity contribution is 7.32. The van der Waals surface area contributed by atoms with Crippen molar-refractivity contribution >= 4 is 8.81 Å². The zero-order valence-corrected chi connectivity index (χ0v) is 8.42. The molecule has 0 amide bonds. The summed E-state index contributed by atoms with van der Waals surface area (Å²) in [5, 5.41) is 0. The summed E-state index contributed by atoms with van der Waals surface area (Å²) in [6.45, 7) is 2.94. The van der Waals surface area contributed by atoms with Gasteiger partial charge in [-0.3, -0.25) is 0 Å². The van der Waals surface area contributed by atoms with Gasteiger partial charge < -0.3 is 4.52 Å². The largest absolute Gasteiger partial charge is 0.358 e. The lowest BCUT2D eigenvalue weighted by molar-refractivity contribution is 0.352. The number of hydrogen-bond acceptors (Lipinski definition) is 1. The van der Waals surface area contributed by atoms with Crippen molar-refractivity contribution in [3.05, 3.63) is 35.9 Å². The van der Waals surface area contributed by atoms with Crippen LogP contribution in [0.25, 0.3) is 0 Å². The molecule has 0 aromatic heterocycles. The number of benzene rings is 1. The molecule has 0 N–H and O–H groups in total.